The first-order chi connectivity index (χ1) is 9.85. The van der Waals surface area contributed by atoms with E-state index in [0.29, 0.717) is 6.42 Å². The van der Waals surface area contributed by atoms with Gasteiger partial charge in [0.05, 0.1) is 6.61 Å². The molecule has 0 radical (unpaired) electrons. The second-order valence-electron chi connectivity index (χ2n) is 4.55. The minimum Gasteiger partial charge on any atom is -0.478 e. The van der Waals surface area contributed by atoms with Crippen LogP contribution in [0, 0.1) is 16.7 Å². The zero-order chi connectivity index (χ0) is 17.6. The normalized spacial score (nSPS) is 14.2. The Labute approximate surface area is 159 Å². The largest absolute Gasteiger partial charge is 0.478 e. The molecule has 10 heteroatoms. The van der Waals surface area contributed by atoms with E-state index in [1.54, 1.807) is 12.2 Å². The highest BCUT2D eigenvalue weighted by Gasteiger charge is 2.31. The third-order valence-corrected chi connectivity index (χ3v) is 3.31. The Kier molecular flexibility index (Phi) is 9.84. The number of halogens is 6. The van der Waals surface area contributed by atoms with Crippen molar-refractivity contribution >= 4 is 81.4 Å². The molecular formula is C12H16Cl6N2O2. The summed E-state index contributed by atoms with van der Waals surface area (Å²) in [6, 6.07) is 0. The molecule has 0 aliphatic rings. The molecule has 0 bridgehead atoms. The smallest absolute Gasteiger partial charge is 0.265 e. The van der Waals surface area contributed by atoms with Crippen molar-refractivity contribution in [1.82, 2.24) is 0 Å². The van der Waals surface area contributed by atoms with E-state index in [0.717, 1.165) is 0 Å². The Bertz CT molecular complexity index is 415. The fraction of sp³-hybridized carbons (Fsp3) is 0.667. The maximum Gasteiger partial charge on any atom is 0.265 e. The van der Waals surface area contributed by atoms with Crippen LogP contribution in [0.15, 0.2) is 12.2 Å². The van der Waals surface area contributed by atoms with Crippen LogP contribution in [-0.2, 0) is 9.47 Å². The molecule has 0 fully saturated rings. The average molecular weight is 433 g/mol. The molecule has 22 heavy (non-hydrogen) atoms. The molecule has 0 aromatic carbocycles. The fourth-order valence-corrected chi connectivity index (χ4v) is 1.44. The molecule has 0 aromatic heterocycles. The number of nitrogens with one attached hydrogen (secondary N) is 2. The van der Waals surface area contributed by atoms with Crippen molar-refractivity contribution in [2.75, 3.05) is 6.61 Å². The molecule has 0 amide bonds. The fourth-order valence-electron chi connectivity index (χ4n) is 1.14. The lowest BCUT2D eigenvalue weighted by Gasteiger charge is -2.22. The van der Waals surface area contributed by atoms with E-state index in [-0.39, 0.29) is 12.5 Å². The van der Waals surface area contributed by atoms with Crippen molar-refractivity contribution < 1.29 is 9.47 Å². The van der Waals surface area contributed by atoms with E-state index in [4.69, 9.17) is 89.9 Å². The summed E-state index contributed by atoms with van der Waals surface area (Å²) >= 11 is 33.1. The molecule has 0 aliphatic carbocycles. The molecule has 0 heterocycles. The third-order valence-electron chi connectivity index (χ3n) is 2.28. The second kappa shape index (κ2) is 9.65. The summed E-state index contributed by atoms with van der Waals surface area (Å²) < 4.78 is 6.52. The first-order valence-electron chi connectivity index (χ1n) is 6.13. The Morgan fingerprint density at radius 2 is 1.50 bits per heavy atom. The van der Waals surface area contributed by atoms with Gasteiger partial charge < -0.3 is 9.47 Å². The van der Waals surface area contributed by atoms with Gasteiger partial charge in [-0.1, -0.05) is 89.5 Å². The highest BCUT2D eigenvalue weighted by molar-refractivity contribution is 6.76. The van der Waals surface area contributed by atoms with E-state index < -0.39 is 25.5 Å². The number of rotatable bonds is 6. The SMILES string of the molecule is CC(C)C(/C=C\CCOC(=N)C(Cl)(Cl)Cl)OC(=N)C(Cl)(Cl)Cl. The minimum atomic E-state index is -1.90. The summed E-state index contributed by atoms with van der Waals surface area (Å²) in [7, 11) is 0. The van der Waals surface area contributed by atoms with Crippen LogP contribution in [0.1, 0.15) is 20.3 Å². The van der Waals surface area contributed by atoms with Gasteiger partial charge in [0, 0.05) is 0 Å². The Morgan fingerprint density at radius 1 is 1.00 bits per heavy atom. The summed E-state index contributed by atoms with van der Waals surface area (Å²) in [5, 5.41) is 14.9. The molecule has 0 aromatic rings. The summed E-state index contributed by atoms with van der Waals surface area (Å²) in [6.07, 6.45) is 3.49. The number of ether oxygens (including phenoxy) is 2. The van der Waals surface area contributed by atoms with E-state index in [2.05, 4.69) is 0 Å². The van der Waals surface area contributed by atoms with Crippen LogP contribution < -0.4 is 0 Å². The van der Waals surface area contributed by atoms with Crippen molar-refractivity contribution in [2.24, 2.45) is 5.92 Å². The molecule has 1 unspecified atom stereocenters. The highest BCUT2D eigenvalue weighted by Crippen LogP contribution is 2.29. The van der Waals surface area contributed by atoms with Crippen LogP contribution in [0.5, 0.6) is 0 Å². The quantitative estimate of drug-likeness (QED) is 0.186. The zero-order valence-electron chi connectivity index (χ0n) is 11.8. The van der Waals surface area contributed by atoms with Gasteiger partial charge in [-0.2, -0.15) is 0 Å². The molecule has 128 valence electrons. The van der Waals surface area contributed by atoms with Gasteiger partial charge in [0.2, 0.25) is 11.8 Å². The van der Waals surface area contributed by atoms with Crippen LogP contribution in [-0.4, -0.2) is 32.1 Å². The lowest BCUT2D eigenvalue weighted by atomic mass is 10.1. The molecule has 0 saturated carbocycles. The number of hydrogen-bond acceptors (Lipinski definition) is 4. The van der Waals surface area contributed by atoms with Crippen molar-refractivity contribution in [3.8, 4) is 0 Å². The Balaban J connectivity index is 4.36. The maximum atomic E-state index is 7.56. The van der Waals surface area contributed by atoms with Gasteiger partial charge in [0.1, 0.15) is 6.10 Å². The molecule has 0 saturated heterocycles. The van der Waals surface area contributed by atoms with Crippen molar-refractivity contribution in [3.63, 3.8) is 0 Å². The summed E-state index contributed by atoms with van der Waals surface area (Å²) in [5.41, 5.74) is 0. The van der Waals surface area contributed by atoms with Crippen LogP contribution in [0.2, 0.25) is 0 Å². The van der Waals surface area contributed by atoms with E-state index in [9.17, 15) is 0 Å². The van der Waals surface area contributed by atoms with Gasteiger partial charge >= 0.3 is 0 Å². The van der Waals surface area contributed by atoms with Crippen molar-refractivity contribution in [2.45, 2.75) is 34.0 Å². The van der Waals surface area contributed by atoms with Crippen LogP contribution >= 0.6 is 69.6 Å². The van der Waals surface area contributed by atoms with Gasteiger partial charge in [-0.3, -0.25) is 10.8 Å². The monoisotopic (exact) mass is 430 g/mol. The Morgan fingerprint density at radius 3 is 1.91 bits per heavy atom. The maximum absolute atomic E-state index is 7.56. The van der Waals surface area contributed by atoms with Crippen LogP contribution in [0.25, 0.3) is 0 Å². The highest BCUT2D eigenvalue weighted by atomic mass is 35.6. The van der Waals surface area contributed by atoms with Gasteiger partial charge in [-0.25, -0.2) is 0 Å². The molecule has 0 rings (SSSR count). The van der Waals surface area contributed by atoms with Gasteiger partial charge in [0.15, 0.2) is 0 Å². The lowest BCUT2D eigenvalue weighted by Crippen LogP contribution is -2.29. The van der Waals surface area contributed by atoms with Gasteiger partial charge in [-0.15, -0.1) is 0 Å². The minimum absolute atomic E-state index is 0.0596. The molecular weight excluding hydrogens is 417 g/mol. The topological polar surface area (TPSA) is 66.2 Å². The van der Waals surface area contributed by atoms with Crippen molar-refractivity contribution in [1.29, 1.82) is 10.8 Å². The summed E-state index contributed by atoms with van der Waals surface area (Å²) in [6.45, 7) is 3.96. The predicted octanol–water partition coefficient (Wildman–Crippen LogP) is 5.69. The first-order valence-corrected chi connectivity index (χ1v) is 8.40. The summed E-state index contributed by atoms with van der Waals surface area (Å²) in [5.74, 6) is -0.833. The molecule has 4 nitrogen and oxygen atoms in total. The molecule has 2 N–H and O–H groups in total. The van der Waals surface area contributed by atoms with Crippen LogP contribution in [0.4, 0.5) is 0 Å². The standard InChI is InChI=1S/C12H16Cl6N2O2/c1-7(2)8(22-10(20)12(16,17)18)5-3-4-6-21-9(19)11(13,14)15/h3,5,7-8,19-20H,4,6H2,1-2H3/b5-3-,19-9?,20-10?. The van der Waals surface area contributed by atoms with Gasteiger partial charge in [0.25, 0.3) is 7.59 Å². The number of hydrogen-bond donors (Lipinski definition) is 2. The first kappa shape index (κ1) is 22.4. The zero-order valence-corrected chi connectivity index (χ0v) is 16.3. The van der Waals surface area contributed by atoms with E-state index >= 15 is 0 Å². The average Bonchev–Trinajstić information content (AvgIpc) is 2.33. The van der Waals surface area contributed by atoms with Crippen LogP contribution in [0.3, 0.4) is 0 Å². The van der Waals surface area contributed by atoms with Gasteiger partial charge in [-0.05, 0) is 18.4 Å². The third kappa shape index (κ3) is 9.53. The van der Waals surface area contributed by atoms with E-state index in [1.165, 1.54) is 0 Å². The van der Waals surface area contributed by atoms with E-state index in [1.807, 2.05) is 13.8 Å². The lowest BCUT2D eigenvalue weighted by molar-refractivity contribution is 0.179. The second-order valence-corrected chi connectivity index (χ2v) is 9.11. The molecule has 0 aliphatic heterocycles. The summed E-state index contributed by atoms with van der Waals surface area (Å²) in [4.78, 5) is 0. The van der Waals surface area contributed by atoms with Crippen molar-refractivity contribution in [3.05, 3.63) is 12.2 Å². The predicted molar refractivity (Wildman–Crippen MR) is 95.5 cm³/mol. The molecule has 0 spiro atoms. The molecule has 1 atom stereocenters. The number of alkyl halides is 6. The Hall–Kier alpha value is 0.420.